The molecule has 148 valence electrons. The lowest BCUT2D eigenvalue weighted by atomic mass is 9.96. The van der Waals surface area contributed by atoms with Gasteiger partial charge in [-0.1, -0.05) is 60.7 Å². The topological polar surface area (TPSA) is 43.4 Å². The van der Waals surface area contributed by atoms with Crippen molar-refractivity contribution >= 4 is 33.3 Å². The van der Waals surface area contributed by atoms with Gasteiger partial charge in [-0.2, -0.15) is 0 Å². The van der Waals surface area contributed by atoms with Gasteiger partial charge in [0.25, 0.3) is 0 Å². The molecule has 1 aliphatic rings. The largest absolute Gasteiger partial charge is 0.451 e. The molecule has 0 N–H and O–H groups in total. The van der Waals surface area contributed by atoms with Gasteiger partial charge in [0.1, 0.15) is 0 Å². The summed E-state index contributed by atoms with van der Waals surface area (Å²) in [5.74, 6) is -0.632. The van der Waals surface area contributed by atoms with E-state index >= 15 is 0 Å². The Kier molecular flexibility index (Phi) is 4.59. The number of ether oxygens (including phenoxy) is 1. The van der Waals surface area contributed by atoms with E-state index < -0.39 is 12.1 Å². The fourth-order valence-corrected chi connectivity index (χ4v) is 4.47. The summed E-state index contributed by atoms with van der Waals surface area (Å²) in [5, 5.41) is 3.61. The summed E-state index contributed by atoms with van der Waals surface area (Å²) >= 11 is 0. The Balaban J connectivity index is 1.49. The second kappa shape index (κ2) is 7.42. The number of hydrogen-bond donors (Lipinski definition) is 0. The highest BCUT2D eigenvalue weighted by Gasteiger charge is 2.24. The molecule has 1 aliphatic carbocycles. The molecule has 4 aromatic carbocycles. The van der Waals surface area contributed by atoms with E-state index in [1.165, 1.54) is 11.1 Å². The highest BCUT2D eigenvalue weighted by Crippen LogP contribution is 2.30. The number of esters is 1. The van der Waals surface area contributed by atoms with Gasteiger partial charge in [-0.25, -0.2) is 4.79 Å². The van der Waals surface area contributed by atoms with Gasteiger partial charge in [0, 0.05) is 5.56 Å². The first kappa shape index (κ1) is 18.6. The summed E-state index contributed by atoms with van der Waals surface area (Å²) in [7, 11) is 0. The molecule has 3 nitrogen and oxygen atoms in total. The molecule has 5 rings (SSSR count). The van der Waals surface area contributed by atoms with Crippen molar-refractivity contribution in [1.29, 1.82) is 0 Å². The number of hydrogen-bond acceptors (Lipinski definition) is 3. The van der Waals surface area contributed by atoms with Crippen molar-refractivity contribution in [2.45, 2.75) is 32.3 Å². The third kappa shape index (κ3) is 3.17. The van der Waals surface area contributed by atoms with Crippen LogP contribution in [-0.4, -0.2) is 17.9 Å². The Bertz CT molecular complexity index is 1250. The van der Waals surface area contributed by atoms with Crippen LogP contribution in [0.2, 0.25) is 0 Å². The van der Waals surface area contributed by atoms with Gasteiger partial charge >= 0.3 is 5.97 Å². The first-order valence-electron chi connectivity index (χ1n) is 10.4. The molecule has 0 saturated heterocycles. The van der Waals surface area contributed by atoms with Crippen molar-refractivity contribution in [3.05, 3.63) is 95.1 Å². The highest BCUT2D eigenvalue weighted by molar-refractivity contribution is 6.17. The zero-order chi connectivity index (χ0) is 20.7. The third-order valence-electron chi connectivity index (χ3n) is 6.01. The fraction of sp³-hybridized carbons (Fsp3) is 0.185. The van der Waals surface area contributed by atoms with Crippen LogP contribution in [0.15, 0.2) is 72.8 Å². The fourth-order valence-electron chi connectivity index (χ4n) is 4.47. The number of carbonyl (C=O) groups is 2. The van der Waals surface area contributed by atoms with Crippen molar-refractivity contribution in [2.24, 2.45) is 0 Å². The van der Waals surface area contributed by atoms with Gasteiger partial charge in [0.05, 0.1) is 5.56 Å². The van der Waals surface area contributed by atoms with Crippen molar-refractivity contribution < 1.29 is 14.3 Å². The first-order valence-corrected chi connectivity index (χ1v) is 10.4. The van der Waals surface area contributed by atoms with Gasteiger partial charge in [-0.05, 0) is 71.0 Å². The van der Waals surface area contributed by atoms with Crippen molar-refractivity contribution in [3.63, 3.8) is 0 Å². The van der Waals surface area contributed by atoms with Gasteiger partial charge in [0.2, 0.25) is 5.78 Å². The molecule has 1 atom stereocenters. The molecule has 3 heteroatoms. The van der Waals surface area contributed by atoms with Crippen molar-refractivity contribution in [2.75, 3.05) is 0 Å². The van der Waals surface area contributed by atoms with Crippen LogP contribution in [-0.2, 0) is 17.6 Å². The maximum atomic E-state index is 13.2. The van der Waals surface area contributed by atoms with Gasteiger partial charge in [-0.15, -0.1) is 0 Å². The van der Waals surface area contributed by atoms with Crippen molar-refractivity contribution in [3.8, 4) is 0 Å². The normalized spacial score (nSPS) is 13.9. The molecule has 0 aliphatic heterocycles. The summed E-state index contributed by atoms with van der Waals surface area (Å²) in [6, 6.07) is 23.4. The molecule has 0 saturated carbocycles. The average molecular weight is 394 g/mol. The minimum absolute atomic E-state index is 0.164. The van der Waals surface area contributed by atoms with Crippen LogP contribution in [0.3, 0.4) is 0 Å². The second-order valence-electron chi connectivity index (χ2n) is 7.94. The zero-order valence-corrected chi connectivity index (χ0v) is 16.9. The minimum Gasteiger partial charge on any atom is -0.451 e. The lowest BCUT2D eigenvalue weighted by molar-refractivity contribution is 0.0322. The quantitative estimate of drug-likeness (QED) is 0.245. The molecule has 0 spiro atoms. The number of carbonyl (C=O) groups excluding carboxylic acids is 2. The zero-order valence-electron chi connectivity index (χ0n) is 16.9. The molecule has 30 heavy (non-hydrogen) atoms. The minimum atomic E-state index is -0.852. The lowest BCUT2D eigenvalue weighted by Crippen LogP contribution is -2.25. The molecule has 0 heterocycles. The SMILES string of the molecule is C[C@@H](OC(=O)c1c2ccccc2cc2ccccc12)C(=O)c1ccc2c(c1)CCC2. The number of rotatable bonds is 4. The van der Waals surface area contributed by atoms with E-state index in [-0.39, 0.29) is 5.78 Å². The maximum Gasteiger partial charge on any atom is 0.340 e. The van der Waals surface area contributed by atoms with Gasteiger partial charge in [0.15, 0.2) is 6.10 Å². The van der Waals surface area contributed by atoms with Gasteiger partial charge < -0.3 is 4.74 Å². The van der Waals surface area contributed by atoms with Crippen LogP contribution in [0, 0.1) is 0 Å². The van der Waals surface area contributed by atoms with Crippen LogP contribution < -0.4 is 0 Å². The van der Waals surface area contributed by atoms with E-state index in [1.54, 1.807) is 6.92 Å². The smallest absolute Gasteiger partial charge is 0.340 e. The molecule has 0 unspecified atom stereocenters. The summed E-state index contributed by atoms with van der Waals surface area (Å²) in [6.45, 7) is 1.65. The molecule has 0 radical (unpaired) electrons. The van der Waals surface area contributed by atoms with E-state index in [2.05, 4.69) is 6.07 Å². The Hall–Kier alpha value is -3.46. The Morgan fingerprint density at radius 2 is 1.43 bits per heavy atom. The molecule has 0 aromatic heterocycles. The second-order valence-corrected chi connectivity index (χ2v) is 7.94. The number of benzene rings is 4. The molecule has 0 fully saturated rings. The average Bonchev–Trinajstić information content (AvgIpc) is 3.24. The summed E-state index contributed by atoms with van der Waals surface area (Å²) in [6.07, 6.45) is 2.36. The van der Waals surface area contributed by atoms with Crippen LogP contribution in [0.4, 0.5) is 0 Å². The number of ketones is 1. The molecule has 0 bridgehead atoms. The predicted molar refractivity (Wildman–Crippen MR) is 119 cm³/mol. The molecule has 4 aromatic rings. The monoisotopic (exact) mass is 394 g/mol. The first-order chi connectivity index (χ1) is 14.6. The predicted octanol–water partition coefficient (Wildman–Crippen LogP) is 5.91. The lowest BCUT2D eigenvalue weighted by Gasteiger charge is -2.16. The number of aryl methyl sites for hydroxylation is 2. The van der Waals surface area contributed by atoms with Crippen LogP contribution in [0.1, 0.15) is 45.2 Å². The third-order valence-corrected chi connectivity index (χ3v) is 6.01. The van der Waals surface area contributed by atoms with Crippen molar-refractivity contribution in [1.82, 2.24) is 0 Å². The Morgan fingerprint density at radius 3 is 2.13 bits per heavy atom. The van der Waals surface area contributed by atoms with E-state index in [0.717, 1.165) is 40.8 Å². The summed E-state index contributed by atoms with van der Waals surface area (Å²) in [4.78, 5) is 26.2. The summed E-state index contributed by atoms with van der Waals surface area (Å²) < 4.78 is 5.70. The standard InChI is InChI=1S/C27H22O3/c1-17(26(28)22-14-13-18-9-6-10-19(18)15-22)30-27(29)25-23-11-4-2-7-20(23)16-21-8-3-5-12-24(21)25/h2-5,7-8,11-17H,6,9-10H2,1H3/t17-/m1/s1. The van der Waals surface area contributed by atoms with E-state index in [0.29, 0.717) is 11.1 Å². The van der Waals surface area contributed by atoms with Crippen LogP contribution >= 0.6 is 0 Å². The van der Waals surface area contributed by atoms with Crippen LogP contribution in [0.25, 0.3) is 21.5 Å². The number of Topliss-reactive ketones (excluding diaryl/α,β-unsaturated/α-hetero) is 1. The molecular formula is C27H22O3. The van der Waals surface area contributed by atoms with E-state index in [4.69, 9.17) is 4.74 Å². The Morgan fingerprint density at radius 1 is 0.800 bits per heavy atom. The van der Waals surface area contributed by atoms with Gasteiger partial charge in [-0.3, -0.25) is 4.79 Å². The van der Waals surface area contributed by atoms with Crippen LogP contribution in [0.5, 0.6) is 0 Å². The maximum absolute atomic E-state index is 13.2. The Labute approximate surface area is 175 Å². The molecular weight excluding hydrogens is 372 g/mol. The van der Waals surface area contributed by atoms with E-state index in [9.17, 15) is 9.59 Å². The van der Waals surface area contributed by atoms with E-state index in [1.807, 2.05) is 66.7 Å². The number of fused-ring (bicyclic) bond motifs is 3. The molecule has 0 amide bonds. The highest BCUT2D eigenvalue weighted by atomic mass is 16.5. The summed E-state index contributed by atoms with van der Waals surface area (Å²) in [5.41, 5.74) is 3.67.